The Morgan fingerprint density at radius 3 is 2.91 bits per heavy atom. The SMILES string of the molecule is CC1=CC(C=O)=CCC(C)=N1. The Morgan fingerprint density at radius 2 is 2.27 bits per heavy atom. The van der Waals surface area contributed by atoms with Crippen molar-refractivity contribution in [1.82, 2.24) is 0 Å². The Labute approximate surface area is 66.3 Å². The van der Waals surface area contributed by atoms with E-state index < -0.39 is 0 Å². The first kappa shape index (κ1) is 7.92. The van der Waals surface area contributed by atoms with Gasteiger partial charge in [-0.3, -0.25) is 9.79 Å². The van der Waals surface area contributed by atoms with E-state index in [4.69, 9.17) is 0 Å². The van der Waals surface area contributed by atoms with Crippen LogP contribution in [0.1, 0.15) is 20.3 Å². The van der Waals surface area contributed by atoms with Crippen LogP contribution >= 0.6 is 0 Å². The maximum absolute atomic E-state index is 10.4. The lowest BCUT2D eigenvalue weighted by Gasteiger charge is -1.90. The molecule has 0 aromatic rings. The maximum Gasteiger partial charge on any atom is 0.149 e. The van der Waals surface area contributed by atoms with Crippen LogP contribution in [0.15, 0.2) is 28.4 Å². The Morgan fingerprint density at radius 1 is 1.55 bits per heavy atom. The molecule has 2 heteroatoms. The second-order valence-corrected chi connectivity index (χ2v) is 2.66. The molecule has 1 rings (SSSR count). The summed E-state index contributed by atoms with van der Waals surface area (Å²) in [6.45, 7) is 3.85. The Hall–Kier alpha value is -1.18. The Balaban J connectivity index is 2.94. The second kappa shape index (κ2) is 3.28. The molecule has 0 radical (unpaired) electrons. The summed E-state index contributed by atoms with van der Waals surface area (Å²) >= 11 is 0. The van der Waals surface area contributed by atoms with Gasteiger partial charge in [0.15, 0.2) is 0 Å². The zero-order valence-electron chi connectivity index (χ0n) is 6.79. The fourth-order valence-corrected chi connectivity index (χ4v) is 1.03. The number of nitrogens with zero attached hydrogens (tertiary/aromatic N) is 1. The summed E-state index contributed by atoms with van der Waals surface area (Å²) in [5.41, 5.74) is 2.68. The Kier molecular flexibility index (Phi) is 2.36. The van der Waals surface area contributed by atoms with Crippen LogP contribution in [0.2, 0.25) is 0 Å². The molecule has 0 bridgehead atoms. The van der Waals surface area contributed by atoms with Gasteiger partial charge in [0, 0.05) is 23.4 Å². The van der Waals surface area contributed by atoms with E-state index in [2.05, 4.69) is 4.99 Å². The highest BCUT2D eigenvalue weighted by atomic mass is 16.1. The summed E-state index contributed by atoms with van der Waals surface area (Å²) in [4.78, 5) is 14.6. The van der Waals surface area contributed by atoms with E-state index in [0.717, 1.165) is 29.7 Å². The quantitative estimate of drug-likeness (QED) is 0.523. The summed E-state index contributed by atoms with van der Waals surface area (Å²) in [5, 5.41) is 0. The normalized spacial score (nSPS) is 17.8. The molecule has 1 heterocycles. The average Bonchev–Trinajstić information content (AvgIpc) is 2.11. The molecule has 0 saturated carbocycles. The lowest BCUT2D eigenvalue weighted by Crippen LogP contribution is -1.86. The van der Waals surface area contributed by atoms with Crippen LogP contribution in [-0.2, 0) is 4.79 Å². The van der Waals surface area contributed by atoms with Gasteiger partial charge in [0.25, 0.3) is 0 Å². The van der Waals surface area contributed by atoms with Crippen LogP contribution in [0, 0.1) is 0 Å². The molecule has 0 aromatic heterocycles. The predicted octanol–water partition coefficient (Wildman–Crippen LogP) is 1.88. The number of aliphatic imine (C=N–C) groups is 1. The largest absolute Gasteiger partial charge is 0.298 e. The third-order valence-electron chi connectivity index (χ3n) is 1.51. The molecule has 0 aliphatic carbocycles. The molecular weight excluding hydrogens is 138 g/mol. The van der Waals surface area contributed by atoms with Crippen molar-refractivity contribution in [2.75, 3.05) is 0 Å². The number of hydrogen-bond donors (Lipinski definition) is 0. The van der Waals surface area contributed by atoms with Crippen LogP contribution < -0.4 is 0 Å². The van der Waals surface area contributed by atoms with Gasteiger partial charge < -0.3 is 0 Å². The molecule has 0 unspecified atom stereocenters. The molecule has 11 heavy (non-hydrogen) atoms. The smallest absolute Gasteiger partial charge is 0.149 e. The fourth-order valence-electron chi connectivity index (χ4n) is 1.03. The van der Waals surface area contributed by atoms with Crippen LogP contribution in [0.3, 0.4) is 0 Å². The van der Waals surface area contributed by atoms with Gasteiger partial charge in [0.2, 0.25) is 0 Å². The average molecular weight is 149 g/mol. The van der Waals surface area contributed by atoms with Crippen LogP contribution in [0.5, 0.6) is 0 Å². The van der Waals surface area contributed by atoms with Crippen LogP contribution in [0.25, 0.3) is 0 Å². The van der Waals surface area contributed by atoms with Crippen molar-refractivity contribution in [3.05, 3.63) is 23.4 Å². The van der Waals surface area contributed by atoms with Gasteiger partial charge >= 0.3 is 0 Å². The van der Waals surface area contributed by atoms with E-state index >= 15 is 0 Å². The highest BCUT2D eigenvalue weighted by molar-refractivity contribution is 5.88. The molecular formula is C9H11NO. The molecule has 1 aliphatic rings. The van der Waals surface area contributed by atoms with E-state index in [9.17, 15) is 4.79 Å². The van der Waals surface area contributed by atoms with Crippen LogP contribution in [-0.4, -0.2) is 12.0 Å². The number of hydrogen-bond acceptors (Lipinski definition) is 2. The lowest BCUT2D eigenvalue weighted by atomic mass is 10.2. The monoisotopic (exact) mass is 149 g/mol. The van der Waals surface area contributed by atoms with Gasteiger partial charge in [-0.25, -0.2) is 0 Å². The Bertz CT molecular complexity index is 259. The summed E-state index contributed by atoms with van der Waals surface area (Å²) < 4.78 is 0. The van der Waals surface area contributed by atoms with E-state index in [0.29, 0.717) is 0 Å². The topological polar surface area (TPSA) is 29.4 Å². The fraction of sp³-hybridized carbons (Fsp3) is 0.333. The number of rotatable bonds is 1. The van der Waals surface area contributed by atoms with Gasteiger partial charge in [-0.1, -0.05) is 6.08 Å². The standard InChI is InChI=1S/C9H11NO/c1-7-3-4-9(6-11)5-8(2)10-7/h4-6H,3H2,1-2H3. The second-order valence-electron chi connectivity index (χ2n) is 2.66. The third kappa shape index (κ3) is 2.15. The summed E-state index contributed by atoms with van der Waals surface area (Å²) in [7, 11) is 0. The minimum atomic E-state index is 0.725. The minimum absolute atomic E-state index is 0.725. The molecule has 0 spiro atoms. The molecule has 0 fully saturated rings. The highest BCUT2D eigenvalue weighted by Gasteiger charge is 1.98. The van der Waals surface area contributed by atoms with E-state index in [1.807, 2.05) is 19.9 Å². The first-order chi connectivity index (χ1) is 5.22. The summed E-state index contributed by atoms with van der Waals surface area (Å²) in [5.74, 6) is 0. The number of carbonyl (C=O) groups is 1. The number of carbonyl (C=O) groups excluding carboxylic acids is 1. The summed E-state index contributed by atoms with van der Waals surface area (Å²) in [6, 6.07) is 0. The van der Waals surface area contributed by atoms with E-state index in [1.54, 1.807) is 6.08 Å². The summed E-state index contributed by atoms with van der Waals surface area (Å²) in [6.07, 6.45) is 5.32. The van der Waals surface area contributed by atoms with Gasteiger partial charge in [0.05, 0.1) is 0 Å². The van der Waals surface area contributed by atoms with Crippen LogP contribution in [0.4, 0.5) is 0 Å². The lowest BCUT2D eigenvalue weighted by molar-refractivity contribution is -0.104. The van der Waals surface area contributed by atoms with Crippen molar-refractivity contribution < 1.29 is 4.79 Å². The molecule has 0 atom stereocenters. The molecule has 0 aromatic carbocycles. The molecule has 1 aliphatic heterocycles. The van der Waals surface area contributed by atoms with Gasteiger partial charge in [0.1, 0.15) is 6.29 Å². The third-order valence-corrected chi connectivity index (χ3v) is 1.51. The van der Waals surface area contributed by atoms with Crippen molar-refractivity contribution in [3.8, 4) is 0 Å². The van der Waals surface area contributed by atoms with Gasteiger partial charge in [-0.15, -0.1) is 0 Å². The molecule has 2 nitrogen and oxygen atoms in total. The van der Waals surface area contributed by atoms with Gasteiger partial charge in [-0.05, 0) is 19.9 Å². The first-order valence-corrected chi connectivity index (χ1v) is 3.60. The minimum Gasteiger partial charge on any atom is -0.298 e. The van der Waals surface area contributed by atoms with E-state index in [-0.39, 0.29) is 0 Å². The molecule has 0 N–H and O–H groups in total. The van der Waals surface area contributed by atoms with Crippen molar-refractivity contribution in [2.24, 2.45) is 4.99 Å². The van der Waals surface area contributed by atoms with Crippen molar-refractivity contribution >= 4 is 12.0 Å². The first-order valence-electron chi connectivity index (χ1n) is 3.60. The molecule has 0 amide bonds. The number of allylic oxidation sites excluding steroid dienone is 4. The van der Waals surface area contributed by atoms with E-state index in [1.165, 1.54) is 0 Å². The van der Waals surface area contributed by atoms with Gasteiger partial charge in [-0.2, -0.15) is 0 Å². The number of aldehydes is 1. The maximum atomic E-state index is 10.4. The zero-order valence-corrected chi connectivity index (χ0v) is 6.79. The van der Waals surface area contributed by atoms with Crippen molar-refractivity contribution in [2.45, 2.75) is 20.3 Å². The molecule has 0 saturated heterocycles. The van der Waals surface area contributed by atoms with Crippen molar-refractivity contribution in [3.63, 3.8) is 0 Å². The highest BCUT2D eigenvalue weighted by Crippen LogP contribution is 2.08. The zero-order chi connectivity index (χ0) is 8.27. The predicted molar refractivity (Wildman–Crippen MR) is 45.6 cm³/mol. The molecule has 58 valence electrons. The van der Waals surface area contributed by atoms with Crippen molar-refractivity contribution in [1.29, 1.82) is 0 Å².